The number of amides is 1. The predicted octanol–water partition coefficient (Wildman–Crippen LogP) is 2.86. The monoisotopic (exact) mass is 340 g/mol. The summed E-state index contributed by atoms with van der Waals surface area (Å²) in [5.74, 6) is 1.12. The smallest absolute Gasteiger partial charge is 0.251 e. The largest absolute Gasteiger partial charge is 0.487 e. The number of aromatic nitrogens is 1. The molecule has 0 bridgehead atoms. The van der Waals surface area contributed by atoms with Gasteiger partial charge < -0.3 is 15.2 Å². The van der Waals surface area contributed by atoms with Crippen LogP contribution in [0.5, 0.6) is 5.75 Å². The van der Waals surface area contributed by atoms with Crippen LogP contribution in [-0.2, 0) is 6.61 Å². The number of aliphatic hydroxyl groups excluding tert-OH is 1. The molecule has 0 spiro atoms. The molecule has 5 nitrogen and oxygen atoms in total. The van der Waals surface area contributed by atoms with Crippen LogP contribution < -0.4 is 10.1 Å². The van der Waals surface area contributed by atoms with E-state index in [9.17, 15) is 4.79 Å². The van der Waals surface area contributed by atoms with Crippen LogP contribution in [0, 0.1) is 12.8 Å². The van der Waals surface area contributed by atoms with Gasteiger partial charge in [0.2, 0.25) is 0 Å². The molecule has 1 unspecified atom stereocenters. The van der Waals surface area contributed by atoms with Crippen molar-refractivity contribution in [1.29, 1.82) is 0 Å². The van der Waals surface area contributed by atoms with Crippen LogP contribution >= 0.6 is 0 Å². The molecule has 1 heterocycles. The zero-order valence-electron chi connectivity index (χ0n) is 14.4. The number of rotatable bonds is 8. The summed E-state index contributed by atoms with van der Waals surface area (Å²) in [5.41, 5.74) is 2.49. The number of carbonyl (C=O) groups excluding carboxylic acids is 1. The molecule has 1 saturated carbocycles. The van der Waals surface area contributed by atoms with Crippen molar-refractivity contribution < 1.29 is 14.6 Å². The molecule has 0 saturated heterocycles. The molecule has 0 radical (unpaired) electrons. The Balaban J connectivity index is 1.60. The van der Waals surface area contributed by atoms with E-state index in [-0.39, 0.29) is 18.6 Å². The number of nitrogens with one attached hydrogen (secondary N) is 1. The zero-order valence-corrected chi connectivity index (χ0v) is 14.4. The Bertz CT molecular complexity index is 711. The van der Waals surface area contributed by atoms with E-state index in [4.69, 9.17) is 9.84 Å². The fourth-order valence-electron chi connectivity index (χ4n) is 2.82. The predicted molar refractivity (Wildman–Crippen MR) is 95.4 cm³/mol. The highest BCUT2D eigenvalue weighted by Gasteiger charge is 2.31. The second-order valence-electron chi connectivity index (χ2n) is 6.55. The number of ether oxygens (including phenoxy) is 1. The van der Waals surface area contributed by atoms with Gasteiger partial charge in [-0.25, -0.2) is 0 Å². The summed E-state index contributed by atoms with van der Waals surface area (Å²) in [4.78, 5) is 16.7. The molecule has 1 aliphatic rings. The Hall–Kier alpha value is -2.40. The normalized spacial score (nSPS) is 14.8. The zero-order chi connectivity index (χ0) is 17.6. The molecular weight excluding hydrogens is 316 g/mol. The summed E-state index contributed by atoms with van der Waals surface area (Å²) in [6.45, 7) is 2.41. The minimum Gasteiger partial charge on any atom is -0.487 e. The fraction of sp³-hybridized carbons (Fsp3) is 0.400. The molecule has 2 aromatic rings. The van der Waals surface area contributed by atoms with Crippen LogP contribution in [0.25, 0.3) is 0 Å². The minimum atomic E-state index is -0.0933. The van der Waals surface area contributed by atoms with Gasteiger partial charge in [-0.05, 0) is 61.9 Å². The third-order valence-corrected chi connectivity index (χ3v) is 4.43. The van der Waals surface area contributed by atoms with Gasteiger partial charge in [0, 0.05) is 23.9 Å². The summed E-state index contributed by atoms with van der Waals surface area (Å²) in [6, 6.07) is 11.3. The van der Waals surface area contributed by atoms with E-state index in [1.165, 1.54) is 0 Å². The summed E-state index contributed by atoms with van der Waals surface area (Å²) in [7, 11) is 0. The Morgan fingerprint density at radius 1 is 1.36 bits per heavy atom. The molecule has 1 fully saturated rings. The first-order valence-electron chi connectivity index (χ1n) is 8.72. The van der Waals surface area contributed by atoms with Crippen molar-refractivity contribution in [1.82, 2.24) is 10.3 Å². The first-order valence-corrected chi connectivity index (χ1v) is 8.72. The lowest BCUT2D eigenvalue weighted by Crippen LogP contribution is -2.37. The lowest BCUT2D eigenvalue weighted by atomic mass is 10.1. The maximum absolute atomic E-state index is 12.5. The standard InChI is InChI=1S/C20H24N2O3/c1-14-5-8-18(12-21-14)25-13-15-3-2-4-17(11-15)20(24)22-19(9-10-23)16-6-7-16/h2-5,8,11-12,16,19,23H,6-7,9-10,13H2,1H3,(H,22,24). The highest BCUT2D eigenvalue weighted by Crippen LogP contribution is 2.34. The number of hydrogen-bond donors (Lipinski definition) is 2. The van der Waals surface area contributed by atoms with E-state index in [2.05, 4.69) is 10.3 Å². The van der Waals surface area contributed by atoms with Crippen molar-refractivity contribution in [3.8, 4) is 5.75 Å². The SMILES string of the molecule is Cc1ccc(OCc2cccc(C(=O)NC(CCO)C3CC3)c2)cn1. The van der Waals surface area contributed by atoms with Gasteiger partial charge in [0.1, 0.15) is 12.4 Å². The van der Waals surface area contributed by atoms with Crippen molar-refractivity contribution in [3.63, 3.8) is 0 Å². The Kier molecular flexibility index (Phi) is 5.66. The third kappa shape index (κ3) is 5.03. The van der Waals surface area contributed by atoms with Crippen LogP contribution in [-0.4, -0.2) is 28.6 Å². The van der Waals surface area contributed by atoms with Gasteiger partial charge >= 0.3 is 0 Å². The molecule has 1 atom stereocenters. The van der Waals surface area contributed by atoms with Crippen molar-refractivity contribution in [2.24, 2.45) is 5.92 Å². The number of aliphatic hydroxyl groups is 1. The minimum absolute atomic E-state index is 0.0658. The number of hydrogen-bond acceptors (Lipinski definition) is 4. The summed E-state index contributed by atoms with van der Waals surface area (Å²) in [5, 5.41) is 12.2. The molecule has 132 valence electrons. The van der Waals surface area contributed by atoms with Gasteiger partial charge in [0.15, 0.2) is 0 Å². The number of nitrogens with zero attached hydrogens (tertiary/aromatic N) is 1. The number of benzene rings is 1. The first kappa shape index (κ1) is 17.4. The quantitative estimate of drug-likeness (QED) is 0.775. The van der Waals surface area contributed by atoms with E-state index in [1.54, 1.807) is 12.3 Å². The summed E-state index contributed by atoms with van der Waals surface area (Å²) >= 11 is 0. The summed E-state index contributed by atoms with van der Waals surface area (Å²) < 4.78 is 5.72. The van der Waals surface area contributed by atoms with Crippen molar-refractivity contribution in [3.05, 3.63) is 59.4 Å². The second kappa shape index (κ2) is 8.12. The topological polar surface area (TPSA) is 71.5 Å². The molecule has 1 aromatic heterocycles. The van der Waals surface area contributed by atoms with E-state index in [0.717, 1.165) is 24.1 Å². The average Bonchev–Trinajstić information content (AvgIpc) is 3.46. The Morgan fingerprint density at radius 2 is 2.20 bits per heavy atom. The van der Waals surface area contributed by atoms with Crippen molar-refractivity contribution in [2.45, 2.75) is 38.8 Å². The number of pyridine rings is 1. The second-order valence-corrected chi connectivity index (χ2v) is 6.55. The van der Waals surface area contributed by atoms with Gasteiger partial charge in [-0.1, -0.05) is 12.1 Å². The van der Waals surface area contributed by atoms with E-state index in [0.29, 0.717) is 30.3 Å². The van der Waals surface area contributed by atoms with Crippen LogP contribution in [0.15, 0.2) is 42.6 Å². The van der Waals surface area contributed by atoms with Crippen LogP contribution in [0.1, 0.15) is 40.9 Å². The molecule has 0 aliphatic heterocycles. The van der Waals surface area contributed by atoms with Gasteiger partial charge in [-0.15, -0.1) is 0 Å². The highest BCUT2D eigenvalue weighted by atomic mass is 16.5. The molecule has 25 heavy (non-hydrogen) atoms. The van der Waals surface area contributed by atoms with E-state index in [1.807, 2.05) is 37.3 Å². The van der Waals surface area contributed by atoms with Crippen LogP contribution in [0.4, 0.5) is 0 Å². The average molecular weight is 340 g/mol. The molecule has 1 amide bonds. The maximum Gasteiger partial charge on any atom is 0.251 e. The molecule has 1 aromatic carbocycles. The maximum atomic E-state index is 12.5. The Labute approximate surface area is 148 Å². The molecule has 3 rings (SSSR count). The molecule has 1 aliphatic carbocycles. The van der Waals surface area contributed by atoms with Gasteiger partial charge in [-0.3, -0.25) is 9.78 Å². The van der Waals surface area contributed by atoms with Gasteiger partial charge in [-0.2, -0.15) is 0 Å². The molecule has 5 heteroatoms. The van der Waals surface area contributed by atoms with Gasteiger partial charge in [0.05, 0.1) is 6.20 Å². The fourth-order valence-corrected chi connectivity index (χ4v) is 2.82. The van der Waals surface area contributed by atoms with E-state index < -0.39 is 0 Å². The highest BCUT2D eigenvalue weighted by molar-refractivity contribution is 5.94. The summed E-state index contributed by atoms with van der Waals surface area (Å²) in [6.07, 6.45) is 4.56. The van der Waals surface area contributed by atoms with Crippen molar-refractivity contribution in [2.75, 3.05) is 6.61 Å². The third-order valence-electron chi connectivity index (χ3n) is 4.43. The Morgan fingerprint density at radius 3 is 2.88 bits per heavy atom. The first-order chi connectivity index (χ1) is 12.2. The number of carbonyl (C=O) groups is 1. The lowest BCUT2D eigenvalue weighted by molar-refractivity contribution is 0.0924. The van der Waals surface area contributed by atoms with Crippen LogP contribution in [0.2, 0.25) is 0 Å². The molecular formula is C20H24N2O3. The van der Waals surface area contributed by atoms with Gasteiger partial charge in [0.25, 0.3) is 5.91 Å². The lowest BCUT2D eigenvalue weighted by Gasteiger charge is -2.17. The van der Waals surface area contributed by atoms with E-state index >= 15 is 0 Å². The number of aryl methyl sites for hydroxylation is 1. The van der Waals surface area contributed by atoms with Crippen LogP contribution in [0.3, 0.4) is 0 Å². The molecule has 2 N–H and O–H groups in total. The van der Waals surface area contributed by atoms with Crippen molar-refractivity contribution >= 4 is 5.91 Å².